The van der Waals surface area contributed by atoms with Crippen LogP contribution in [0.2, 0.25) is 5.02 Å². The van der Waals surface area contributed by atoms with Gasteiger partial charge in [0.05, 0.1) is 0 Å². The zero-order valence-corrected chi connectivity index (χ0v) is 12.3. The monoisotopic (exact) mass is 273 g/mol. The van der Waals surface area contributed by atoms with Crippen molar-refractivity contribution >= 4 is 11.6 Å². The molecule has 0 radical (unpaired) electrons. The molecule has 2 heteroatoms. The molecule has 1 nitrogen and oxygen atoms in total. The predicted octanol–water partition coefficient (Wildman–Crippen LogP) is 4.50. The van der Waals surface area contributed by atoms with E-state index >= 15 is 0 Å². The summed E-state index contributed by atoms with van der Waals surface area (Å²) in [5, 5.41) is 4.32. The van der Waals surface area contributed by atoms with Crippen LogP contribution in [-0.2, 0) is 19.5 Å². The average Bonchev–Trinajstić information content (AvgIpc) is 2.43. The Labute approximate surface area is 120 Å². The number of hydrogen-bond acceptors (Lipinski definition) is 1. The van der Waals surface area contributed by atoms with Gasteiger partial charge < -0.3 is 5.32 Å². The third-order valence-electron chi connectivity index (χ3n) is 3.38. The maximum absolute atomic E-state index is 6.13. The molecule has 0 aromatic heterocycles. The van der Waals surface area contributed by atoms with Crippen LogP contribution in [0.25, 0.3) is 0 Å². The smallest absolute Gasteiger partial charge is 0.0438 e. The Morgan fingerprint density at radius 2 is 1.74 bits per heavy atom. The Balaban J connectivity index is 1.94. The molecule has 0 atom stereocenters. The molecule has 2 rings (SSSR count). The molecule has 1 N–H and O–H groups in total. The summed E-state index contributed by atoms with van der Waals surface area (Å²) in [6.45, 7) is 5.96. The molecule has 2 aromatic carbocycles. The van der Waals surface area contributed by atoms with E-state index in [1.807, 2.05) is 13.0 Å². The summed E-state index contributed by atoms with van der Waals surface area (Å²) in [5.41, 5.74) is 5.14. The Morgan fingerprint density at radius 3 is 2.42 bits per heavy atom. The lowest BCUT2D eigenvalue weighted by molar-refractivity contribution is 0.688. The van der Waals surface area contributed by atoms with E-state index in [1.54, 1.807) is 0 Å². The van der Waals surface area contributed by atoms with E-state index in [4.69, 9.17) is 11.6 Å². The number of hydrogen-bond donors (Lipinski definition) is 1. The van der Waals surface area contributed by atoms with Gasteiger partial charge in [-0.1, -0.05) is 54.9 Å². The van der Waals surface area contributed by atoms with E-state index < -0.39 is 0 Å². The normalized spacial score (nSPS) is 10.7. The zero-order chi connectivity index (χ0) is 13.7. The van der Waals surface area contributed by atoms with E-state index in [-0.39, 0.29) is 0 Å². The van der Waals surface area contributed by atoms with Gasteiger partial charge in [-0.3, -0.25) is 0 Å². The van der Waals surface area contributed by atoms with Gasteiger partial charge in [-0.2, -0.15) is 0 Å². The van der Waals surface area contributed by atoms with E-state index in [2.05, 4.69) is 48.6 Å². The molecule has 19 heavy (non-hydrogen) atoms. The first-order valence-corrected chi connectivity index (χ1v) is 7.11. The molecular weight excluding hydrogens is 254 g/mol. The summed E-state index contributed by atoms with van der Waals surface area (Å²) in [4.78, 5) is 0. The summed E-state index contributed by atoms with van der Waals surface area (Å²) < 4.78 is 0. The van der Waals surface area contributed by atoms with Crippen molar-refractivity contribution in [1.29, 1.82) is 0 Å². The molecule has 0 aliphatic rings. The van der Waals surface area contributed by atoms with Crippen LogP contribution in [0.5, 0.6) is 0 Å². The van der Waals surface area contributed by atoms with E-state index in [9.17, 15) is 0 Å². The van der Waals surface area contributed by atoms with Crippen LogP contribution >= 0.6 is 11.6 Å². The molecule has 100 valence electrons. The van der Waals surface area contributed by atoms with Crippen LogP contribution in [0.15, 0.2) is 42.5 Å². The van der Waals surface area contributed by atoms with Crippen LogP contribution < -0.4 is 5.32 Å². The minimum absolute atomic E-state index is 0.841. The van der Waals surface area contributed by atoms with Gasteiger partial charge in [0.2, 0.25) is 0 Å². The van der Waals surface area contributed by atoms with Crippen LogP contribution in [0.1, 0.15) is 29.2 Å². The second kappa shape index (κ2) is 6.74. The zero-order valence-electron chi connectivity index (χ0n) is 11.5. The van der Waals surface area contributed by atoms with Crippen molar-refractivity contribution in [3.63, 3.8) is 0 Å². The third-order valence-corrected chi connectivity index (χ3v) is 3.79. The average molecular weight is 274 g/mol. The SMILES string of the molecule is CCc1ccccc1CNCc1ccc(C)c(Cl)c1. The molecule has 0 amide bonds. The Bertz CT molecular complexity index is 549. The Kier molecular flexibility index (Phi) is 5.00. The van der Waals surface area contributed by atoms with Crippen LogP contribution in [0.3, 0.4) is 0 Å². The molecule has 0 saturated carbocycles. The Hall–Kier alpha value is -1.31. The summed E-state index contributed by atoms with van der Waals surface area (Å²) >= 11 is 6.13. The summed E-state index contributed by atoms with van der Waals surface area (Å²) in [7, 11) is 0. The second-order valence-corrected chi connectivity index (χ2v) is 5.22. The van der Waals surface area contributed by atoms with Gasteiger partial charge >= 0.3 is 0 Å². The van der Waals surface area contributed by atoms with Gasteiger partial charge in [-0.15, -0.1) is 0 Å². The second-order valence-electron chi connectivity index (χ2n) is 4.81. The Morgan fingerprint density at radius 1 is 1.00 bits per heavy atom. The molecular formula is C17H20ClN. The van der Waals surface area contributed by atoms with Gasteiger partial charge in [0, 0.05) is 18.1 Å². The van der Waals surface area contributed by atoms with Crippen molar-refractivity contribution in [2.45, 2.75) is 33.4 Å². The molecule has 0 spiro atoms. The molecule has 0 unspecified atom stereocenters. The maximum atomic E-state index is 6.13. The molecule has 0 aliphatic heterocycles. The topological polar surface area (TPSA) is 12.0 Å². The highest BCUT2D eigenvalue weighted by atomic mass is 35.5. The number of nitrogens with one attached hydrogen (secondary N) is 1. The van der Waals surface area contributed by atoms with Crippen LogP contribution in [0.4, 0.5) is 0 Å². The lowest BCUT2D eigenvalue weighted by Gasteiger charge is -2.10. The number of rotatable bonds is 5. The highest BCUT2D eigenvalue weighted by Crippen LogP contribution is 2.16. The highest BCUT2D eigenvalue weighted by molar-refractivity contribution is 6.31. The van der Waals surface area contributed by atoms with Gasteiger partial charge in [0.1, 0.15) is 0 Å². The van der Waals surface area contributed by atoms with Crippen molar-refractivity contribution < 1.29 is 0 Å². The lowest BCUT2D eigenvalue weighted by Crippen LogP contribution is -2.13. The predicted molar refractivity (Wildman–Crippen MR) is 82.6 cm³/mol. The quantitative estimate of drug-likeness (QED) is 0.846. The fourth-order valence-corrected chi connectivity index (χ4v) is 2.37. The molecule has 0 fully saturated rings. The van der Waals surface area contributed by atoms with Gasteiger partial charge in [-0.25, -0.2) is 0 Å². The molecule has 2 aromatic rings. The molecule has 0 bridgehead atoms. The third kappa shape index (κ3) is 3.82. The lowest BCUT2D eigenvalue weighted by atomic mass is 10.1. The number of aryl methyl sites for hydroxylation is 2. The molecule has 0 saturated heterocycles. The van der Waals surface area contributed by atoms with Crippen molar-refractivity contribution in [1.82, 2.24) is 5.32 Å². The van der Waals surface area contributed by atoms with Crippen LogP contribution in [-0.4, -0.2) is 0 Å². The standard InChI is InChI=1S/C17H20ClN/c1-3-15-6-4-5-7-16(15)12-19-11-14-9-8-13(2)17(18)10-14/h4-10,19H,3,11-12H2,1-2H3. The first kappa shape index (κ1) is 14.1. The fourth-order valence-electron chi connectivity index (χ4n) is 2.16. The van der Waals surface area contributed by atoms with Crippen molar-refractivity contribution in [3.05, 3.63) is 69.7 Å². The van der Waals surface area contributed by atoms with Crippen LogP contribution in [0, 0.1) is 6.92 Å². The summed E-state index contributed by atoms with van der Waals surface area (Å²) in [5.74, 6) is 0. The van der Waals surface area contributed by atoms with E-state index in [0.29, 0.717) is 0 Å². The van der Waals surface area contributed by atoms with Gasteiger partial charge in [0.15, 0.2) is 0 Å². The number of halogens is 1. The van der Waals surface area contributed by atoms with Gasteiger partial charge in [0.25, 0.3) is 0 Å². The maximum Gasteiger partial charge on any atom is 0.0438 e. The number of benzene rings is 2. The van der Waals surface area contributed by atoms with Gasteiger partial charge in [-0.05, 0) is 41.7 Å². The van der Waals surface area contributed by atoms with Crippen molar-refractivity contribution in [3.8, 4) is 0 Å². The summed E-state index contributed by atoms with van der Waals surface area (Å²) in [6, 6.07) is 14.8. The highest BCUT2D eigenvalue weighted by Gasteiger charge is 2.01. The summed E-state index contributed by atoms with van der Waals surface area (Å²) in [6.07, 6.45) is 1.08. The largest absolute Gasteiger partial charge is 0.309 e. The van der Waals surface area contributed by atoms with Crippen molar-refractivity contribution in [2.24, 2.45) is 0 Å². The molecule has 0 heterocycles. The molecule has 0 aliphatic carbocycles. The first-order valence-electron chi connectivity index (χ1n) is 6.73. The fraction of sp³-hybridized carbons (Fsp3) is 0.294. The van der Waals surface area contributed by atoms with E-state index in [1.165, 1.54) is 16.7 Å². The van der Waals surface area contributed by atoms with E-state index in [0.717, 1.165) is 30.1 Å². The minimum atomic E-state index is 0.841. The first-order chi connectivity index (χ1) is 9.20. The van der Waals surface area contributed by atoms with Crippen molar-refractivity contribution in [2.75, 3.05) is 0 Å². The minimum Gasteiger partial charge on any atom is -0.309 e.